The summed E-state index contributed by atoms with van der Waals surface area (Å²) in [6, 6.07) is 11.9. The SMILES string of the molecule is Cn1ccc2cc(-c3ccc(-c4nnc(SCC(=O)O)[nH]4)o3)ccc21. The summed E-state index contributed by atoms with van der Waals surface area (Å²) in [6.07, 6.45) is 2.02. The van der Waals surface area contributed by atoms with Gasteiger partial charge < -0.3 is 19.1 Å². The van der Waals surface area contributed by atoms with Crippen LogP contribution in [-0.4, -0.2) is 36.6 Å². The Bertz CT molecular complexity index is 1060. The molecule has 0 bridgehead atoms. The highest BCUT2D eigenvalue weighted by Crippen LogP contribution is 2.29. The second-order valence-corrected chi connectivity index (χ2v) is 6.49. The van der Waals surface area contributed by atoms with Gasteiger partial charge in [0.25, 0.3) is 0 Å². The van der Waals surface area contributed by atoms with Crippen LogP contribution in [0.15, 0.2) is 52.2 Å². The third-order valence-corrected chi connectivity index (χ3v) is 4.66. The maximum Gasteiger partial charge on any atom is 0.313 e. The fourth-order valence-electron chi connectivity index (χ4n) is 2.61. The van der Waals surface area contributed by atoms with Crippen LogP contribution in [0, 0.1) is 0 Å². The first kappa shape index (κ1) is 15.5. The number of hydrogen-bond acceptors (Lipinski definition) is 5. The number of aryl methyl sites for hydroxylation is 1. The Morgan fingerprint density at radius 2 is 2.08 bits per heavy atom. The third-order valence-electron chi connectivity index (χ3n) is 3.81. The number of nitrogens with one attached hydrogen (secondary N) is 1. The number of rotatable bonds is 5. The lowest BCUT2D eigenvalue weighted by molar-refractivity contribution is -0.133. The number of furan rings is 1. The van der Waals surface area contributed by atoms with E-state index in [-0.39, 0.29) is 5.75 Å². The van der Waals surface area contributed by atoms with Crippen molar-refractivity contribution in [3.8, 4) is 22.9 Å². The molecule has 0 radical (unpaired) electrons. The molecule has 0 fully saturated rings. The van der Waals surface area contributed by atoms with Gasteiger partial charge in [-0.15, -0.1) is 10.2 Å². The molecule has 0 saturated heterocycles. The van der Waals surface area contributed by atoms with Crippen LogP contribution in [-0.2, 0) is 11.8 Å². The van der Waals surface area contributed by atoms with Gasteiger partial charge >= 0.3 is 5.97 Å². The van der Waals surface area contributed by atoms with Gasteiger partial charge in [0.05, 0.1) is 5.75 Å². The van der Waals surface area contributed by atoms with Crippen molar-refractivity contribution < 1.29 is 14.3 Å². The third kappa shape index (κ3) is 3.03. The number of aromatic amines is 1. The number of aromatic nitrogens is 4. The highest BCUT2D eigenvalue weighted by molar-refractivity contribution is 7.99. The van der Waals surface area contributed by atoms with Crippen LogP contribution >= 0.6 is 11.8 Å². The Labute approximate surface area is 146 Å². The Morgan fingerprint density at radius 3 is 2.92 bits per heavy atom. The molecule has 7 nitrogen and oxygen atoms in total. The normalized spacial score (nSPS) is 11.2. The van der Waals surface area contributed by atoms with Crippen molar-refractivity contribution >= 4 is 28.6 Å². The van der Waals surface area contributed by atoms with E-state index in [4.69, 9.17) is 9.52 Å². The Hall–Kier alpha value is -3.00. The molecule has 0 spiro atoms. The summed E-state index contributed by atoms with van der Waals surface area (Å²) in [7, 11) is 2.01. The van der Waals surface area contributed by atoms with Gasteiger partial charge in [-0.2, -0.15) is 0 Å². The first-order chi connectivity index (χ1) is 12.1. The number of thioether (sulfide) groups is 1. The second kappa shape index (κ2) is 6.14. The number of nitrogens with zero attached hydrogens (tertiary/aromatic N) is 3. The summed E-state index contributed by atoms with van der Waals surface area (Å²) in [4.78, 5) is 13.6. The van der Waals surface area contributed by atoms with Crippen molar-refractivity contribution in [1.29, 1.82) is 0 Å². The fourth-order valence-corrected chi connectivity index (χ4v) is 3.14. The number of benzene rings is 1. The van der Waals surface area contributed by atoms with Crippen molar-refractivity contribution in [3.63, 3.8) is 0 Å². The Balaban J connectivity index is 1.59. The predicted molar refractivity (Wildman–Crippen MR) is 94.4 cm³/mol. The molecule has 1 aromatic carbocycles. The molecule has 0 aliphatic rings. The lowest BCUT2D eigenvalue weighted by atomic mass is 10.1. The highest BCUT2D eigenvalue weighted by Gasteiger charge is 2.13. The molecule has 8 heteroatoms. The van der Waals surface area contributed by atoms with Gasteiger partial charge in [-0.25, -0.2) is 0 Å². The number of aliphatic carboxylic acids is 1. The van der Waals surface area contributed by atoms with Crippen LogP contribution in [0.5, 0.6) is 0 Å². The molecule has 4 rings (SSSR count). The van der Waals surface area contributed by atoms with Crippen molar-refractivity contribution in [2.75, 3.05) is 5.75 Å². The maximum atomic E-state index is 10.6. The van der Waals surface area contributed by atoms with Gasteiger partial charge in [-0.3, -0.25) is 4.79 Å². The van der Waals surface area contributed by atoms with Crippen LogP contribution in [0.25, 0.3) is 33.8 Å². The van der Waals surface area contributed by atoms with Gasteiger partial charge in [-0.05, 0) is 36.4 Å². The molecule has 3 aromatic heterocycles. The largest absolute Gasteiger partial charge is 0.481 e. The Kier molecular flexibility index (Phi) is 3.81. The molecule has 126 valence electrons. The Morgan fingerprint density at radius 1 is 1.24 bits per heavy atom. The minimum absolute atomic E-state index is 0.0743. The van der Waals surface area contributed by atoms with E-state index in [0.29, 0.717) is 16.7 Å². The van der Waals surface area contributed by atoms with Crippen molar-refractivity contribution in [2.45, 2.75) is 5.16 Å². The van der Waals surface area contributed by atoms with Crippen molar-refractivity contribution in [3.05, 3.63) is 42.6 Å². The van der Waals surface area contributed by atoms with E-state index in [9.17, 15) is 4.79 Å². The van der Waals surface area contributed by atoms with Crippen LogP contribution in [0.1, 0.15) is 0 Å². The molecule has 0 aliphatic heterocycles. The lowest BCUT2D eigenvalue weighted by Gasteiger charge is -2.00. The van der Waals surface area contributed by atoms with Gasteiger partial charge in [-0.1, -0.05) is 11.8 Å². The van der Waals surface area contributed by atoms with Gasteiger partial charge in [0.2, 0.25) is 0 Å². The first-order valence-corrected chi connectivity index (χ1v) is 8.51. The van der Waals surface area contributed by atoms with E-state index in [1.165, 1.54) is 0 Å². The molecule has 3 heterocycles. The molecule has 2 N–H and O–H groups in total. The van der Waals surface area contributed by atoms with Crippen LogP contribution in [0.2, 0.25) is 0 Å². The van der Waals surface area contributed by atoms with E-state index in [2.05, 4.69) is 37.9 Å². The van der Waals surface area contributed by atoms with Gasteiger partial charge in [0.15, 0.2) is 16.7 Å². The first-order valence-electron chi connectivity index (χ1n) is 7.53. The maximum absolute atomic E-state index is 10.6. The summed E-state index contributed by atoms with van der Waals surface area (Å²) >= 11 is 1.08. The highest BCUT2D eigenvalue weighted by atomic mass is 32.2. The summed E-state index contributed by atoms with van der Waals surface area (Å²) in [5.74, 6) is 0.781. The average molecular weight is 354 g/mol. The number of carboxylic acids is 1. The molecule has 0 saturated carbocycles. The predicted octanol–water partition coefficient (Wildman–Crippen LogP) is 3.40. The van der Waals surface area contributed by atoms with E-state index in [1.54, 1.807) is 0 Å². The quantitative estimate of drug-likeness (QED) is 0.533. The standard InChI is InChI=1S/C17H14N4O3S/c1-21-7-6-10-8-11(2-3-12(10)21)13-4-5-14(24-13)16-18-17(20-19-16)25-9-15(22)23/h2-8H,9H2,1H3,(H,22,23)(H,18,19,20). The number of carbonyl (C=O) groups is 1. The molecule has 0 unspecified atom stereocenters. The fraction of sp³-hybridized carbons (Fsp3) is 0.118. The number of H-pyrrole nitrogens is 1. The van der Waals surface area contributed by atoms with Crippen molar-refractivity contribution in [2.24, 2.45) is 7.05 Å². The molecule has 0 amide bonds. The summed E-state index contributed by atoms with van der Waals surface area (Å²) in [6.45, 7) is 0. The monoisotopic (exact) mass is 354 g/mol. The summed E-state index contributed by atoms with van der Waals surface area (Å²) in [5.41, 5.74) is 2.14. The molecule has 0 atom stereocenters. The van der Waals surface area contributed by atoms with Crippen LogP contribution in [0.4, 0.5) is 0 Å². The molecule has 25 heavy (non-hydrogen) atoms. The van der Waals surface area contributed by atoms with E-state index in [1.807, 2.05) is 31.4 Å². The van der Waals surface area contributed by atoms with Gasteiger partial charge in [0.1, 0.15) is 5.76 Å². The topological polar surface area (TPSA) is 96.9 Å². The zero-order valence-electron chi connectivity index (χ0n) is 13.3. The summed E-state index contributed by atoms with van der Waals surface area (Å²) in [5, 5.41) is 18.2. The second-order valence-electron chi connectivity index (χ2n) is 5.53. The van der Waals surface area contributed by atoms with Crippen molar-refractivity contribution in [1.82, 2.24) is 19.7 Å². The van der Waals surface area contributed by atoms with E-state index < -0.39 is 5.97 Å². The smallest absolute Gasteiger partial charge is 0.313 e. The minimum atomic E-state index is -0.903. The molecular weight excluding hydrogens is 340 g/mol. The van der Waals surface area contributed by atoms with E-state index in [0.717, 1.165) is 34.0 Å². The number of carboxylic acid groups (broad SMARTS) is 1. The summed E-state index contributed by atoms with van der Waals surface area (Å²) < 4.78 is 7.95. The van der Waals surface area contributed by atoms with E-state index >= 15 is 0 Å². The molecule has 0 aliphatic carbocycles. The van der Waals surface area contributed by atoms with Gasteiger partial charge in [0, 0.05) is 29.7 Å². The van der Waals surface area contributed by atoms with Crippen LogP contribution < -0.4 is 0 Å². The lowest BCUT2D eigenvalue weighted by Crippen LogP contribution is -1.97. The minimum Gasteiger partial charge on any atom is -0.481 e. The molecule has 4 aromatic rings. The number of fused-ring (bicyclic) bond motifs is 1. The average Bonchev–Trinajstić information content (AvgIpc) is 3.32. The zero-order valence-corrected chi connectivity index (χ0v) is 14.1. The zero-order chi connectivity index (χ0) is 17.4. The van der Waals surface area contributed by atoms with Crippen LogP contribution in [0.3, 0.4) is 0 Å². The number of hydrogen-bond donors (Lipinski definition) is 2. The molecular formula is C17H14N4O3S.